The van der Waals surface area contributed by atoms with Gasteiger partial charge < -0.3 is 12.3 Å². The topological polar surface area (TPSA) is 30.9 Å². The molecule has 0 saturated carbocycles. The van der Waals surface area contributed by atoms with E-state index in [9.17, 15) is 0 Å². The van der Waals surface area contributed by atoms with Gasteiger partial charge in [-0.05, 0) is 14.1 Å². The van der Waals surface area contributed by atoms with Crippen molar-refractivity contribution in [2.75, 3.05) is 14.1 Å². The van der Waals surface area contributed by atoms with Crippen molar-refractivity contribution in [2.45, 2.75) is 0 Å². The molecule has 0 aromatic heterocycles. The Morgan fingerprint density at radius 2 is 1.78 bits per heavy atom. The molecule has 0 aromatic rings. The van der Waals surface area contributed by atoms with E-state index in [4.69, 9.17) is 12.3 Å². The Bertz CT molecular complexity index is 85.1. The van der Waals surface area contributed by atoms with Crippen molar-refractivity contribution in [3.63, 3.8) is 0 Å². The fourth-order valence-electron chi connectivity index (χ4n) is 0.593. The van der Waals surface area contributed by atoms with Crippen LogP contribution in [-0.4, -0.2) is 48.1 Å². The van der Waals surface area contributed by atoms with Gasteiger partial charge in [-0.3, -0.25) is 4.57 Å². The van der Waals surface area contributed by atoms with Gasteiger partial charge in [0.15, 0.2) is 0 Å². The van der Waals surface area contributed by atoms with Crippen molar-refractivity contribution in [1.29, 1.82) is 0 Å². The Morgan fingerprint density at radius 1 is 1.22 bits per heavy atom. The highest BCUT2D eigenvalue weighted by Crippen LogP contribution is 1.95. The van der Waals surface area contributed by atoms with Crippen LogP contribution in [0.1, 0.15) is 0 Å². The van der Waals surface area contributed by atoms with Gasteiger partial charge in [0.1, 0.15) is 0 Å². The molecule has 0 unspecified atom stereocenters. The lowest BCUT2D eigenvalue weighted by Gasteiger charge is -2.26. The maximum absolute atomic E-state index is 5.33. The molecule has 0 bridgehead atoms. The first-order valence-electron chi connectivity index (χ1n) is 2.78. The van der Waals surface area contributed by atoms with Crippen LogP contribution in [-0.2, 0) is 12.3 Å². The van der Waals surface area contributed by atoms with Crippen LogP contribution in [0.3, 0.4) is 0 Å². The molecule has 54 valence electrons. The molecule has 1 heterocycles. The first kappa shape index (κ1) is 7.60. The standard InChI is InChI=1S/C2H11NO3Si3/c1-3(2)9-5-7-4-8-6-9/h9H,7-8H2,1-2H3. The highest BCUT2D eigenvalue weighted by Gasteiger charge is 2.19. The van der Waals surface area contributed by atoms with Crippen LogP contribution in [0.5, 0.6) is 0 Å². The summed E-state index contributed by atoms with van der Waals surface area (Å²) in [6.07, 6.45) is 0. The zero-order chi connectivity index (χ0) is 6.69. The maximum atomic E-state index is 5.33. The molecule has 0 amide bonds. The second-order valence-corrected chi connectivity index (χ2v) is 8.46. The molecule has 0 aromatic carbocycles. The summed E-state index contributed by atoms with van der Waals surface area (Å²) in [5.74, 6) is 0. The third kappa shape index (κ3) is 2.29. The average Bonchev–Trinajstić information content (AvgIpc) is 1.90. The zero-order valence-corrected chi connectivity index (χ0v) is 9.65. The molecule has 1 saturated heterocycles. The van der Waals surface area contributed by atoms with E-state index < -0.39 is 29.5 Å². The quantitative estimate of drug-likeness (QED) is 0.413. The summed E-state index contributed by atoms with van der Waals surface area (Å²) in [6.45, 7) is 0. The van der Waals surface area contributed by atoms with Gasteiger partial charge in [-0.25, -0.2) is 0 Å². The van der Waals surface area contributed by atoms with Crippen molar-refractivity contribution in [3.05, 3.63) is 0 Å². The van der Waals surface area contributed by atoms with Crippen molar-refractivity contribution in [1.82, 2.24) is 4.57 Å². The number of nitrogens with zero attached hydrogens (tertiary/aromatic N) is 1. The van der Waals surface area contributed by atoms with Gasteiger partial charge >= 0.3 is 9.45 Å². The summed E-state index contributed by atoms with van der Waals surface area (Å²) in [5.41, 5.74) is 0. The highest BCUT2D eigenvalue weighted by molar-refractivity contribution is 6.59. The van der Waals surface area contributed by atoms with Crippen LogP contribution >= 0.6 is 0 Å². The summed E-state index contributed by atoms with van der Waals surface area (Å²) < 4.78 is 17.8. The average molecular weight is 181 g/mol. The van der Waals surface area contributed by atoms with E-state index in [2.05, 4.69) is 0 Å². The first-order chi connectivity index (χ1) is 4.30. The molecule has 9 heavy (non-hydrogen) atoms. The summed E-state index contributed by atoms with van der Waals surface area (Å²) in [5, 5.41) is 0. The van der Waals surface area contributed by atoms with Crippen LogP contribution < -0.4 is 0 Å². The highest BCUT2D eigenvalue weighted by atomic mass is 28.4. The van der Waals surface area contributed by atoms with Crippen LogP contribution in [0.15, 0.2) is 0 Å². The third-order valence-corrected chi connectivity index (χ3v) is 6.56. The largest absolute Gasteiger partial charge is 0.425 e. The molecule has 0 spiro atoms. The van der Waals surface area contributed by atoms with Crippen molar-refractivity contribution in [3.8, 4) is 0 Å². The van der Waals surface area contributed by atoms with Gasteiger partial charge in [0, 0.05) is 0 Å². The van der Waals surface area contributed by atoms with Gasteiger partial charge in [-0.15, -0.1) is 0 Å². The second kappa shape index (κ2) is 3.61. The van der Waals surface area contributed by atoms with E-state index in [1.54, 1.807) is 0 Å². The molecule has 0 N–H and O–H groups in total. The van der Waals surface area contributed by atoms with Crippen molar-refractivity contribution >= 4 is 29.5 Å². The molecule has 0 atom stereocenters. The molecule has 4 nitrogen and oxygen atoms in total. The fraction of sp³-hybridized carbons (Fsp3) is 1.00. The number of hydrogen-bond donors (Lipinski definition) is 0. The van der Waals surface area contributed by atoms with E-state index in [0.29, 0.717) is 0 Å². The van der Waals surface area contributed by atoms with Crippen LogP contribution in [0.2, 0.25) is 0 Å². The molecule has 0 radical (unpaired) electrons. The summed E-state index contributed by atoms with van der Waals surface area (Å²) >= 11 is 0. The Kier molecular flexibility index (Phi) is 3.05. The third-order valence-electron chi connectivity index (χ3n) is 1.01. The van der Waals surface area contributed by atoms with Crippen LogP contribution in [0.25, 0.3) is 0 Å². The second-order valence-electron chi connectivity index (χ2n) is 2.04. The van der Waals surface area contributed by atoms with Gasteiger partial charge in [-0.2, -0.15) is 0 Å². The minimum Gasteiger partial charge on any atom is -0.425 e. The molecule has 1 fully saturated rings. The zero-order valence-electron chi connectivity index (χ0n) is 5.66. The smallest absolute Gasteiger partial charge is 0.392 e. The molecule has 1 aliphatic heterocycles. The lowest BCUT2D eigenvalue weighted by atomic mass is 11.3. The first-order valence-corrected chi connectivity index (χ1v) is 6.55. The minimum absolute atomic E-state index is 0.625. The van der Waals surface area contributed by atoms with E-state index in [0.717, 1.165) is 0 Å². The SMILES string of the molecule is CN(C)[SiH]1O[SiH2]O[SiH2]O1. The van der Waals surface area contributed by atoms with E-state index in [1.807, 2.05) is 18.7 Å². The monoisotopic (exact) mass is 181 g/mol. The van der Waals surface area contributed by atoms with E-state index in [-0.39, 0.29) is 0 Å². The van der Waals surface area contributed by atoms with Crippen molar-refractivity contribution < 1.29 is 12.3 Å². The Labute approximate surface area is 61.1 Å². The van der Waals surface area contributed by atoms with Gasteiger partial charge in [0.05, 0.1) is 0 Å². The van der Waals surface area contributed by atoms with Gasteiger partial charge in [0.25, 0.3) is 20.0 Å². The number of rotatable bonds is 1. The normalized spacial score (nSPS) is 34.3. The van der Waals surface area contributed by atoms with Crippen LogP contribution in [0.4, 0.5) is 0 Å². The van der Waals surface area contributed by atoms with E-state index >= 15 is 0 Å². The summed E-state index contributed by atoms with van der Waals surface area (Å²) in [6, 6.07) is 0. The minimum atomic E-state index is -1.37. The number of hydrogen-bond acceptors (Lipinski definition) is 4. The van der Waals surface area contributed by atoms with Gasteiger partial charge in [0.2, 0.25) is 0 Å². The summed E-state index contributed by atoms with van der Waals surface area (Å²) in [4.78, 5) is 0. The molecular formula is C2H11NO3Si3. The lowest BCUT2D eigenvalue weighted by molar-refractivity contribution is 0.275. The molecule has 1 rings (SSSR count). The van der Waals surface area contributed by atoms with Gasteiger partial charge in [-0.1, -0.05) is 0 Å². The lowest BCUT2D eigenvalue weighted by Crippen LogP contribution is -2.45. The molecule has 1 aliphatic rings. The van der Waals surface area contributed by atoms with Crippen molar-refractivity contribution in [2.24, 2.45) is 0 Å². The Balaban J connectivity index is 2.23. The fourth-order valence-corrected chi connectivity index (χ4v) is 7.93. The van der Waals surface area contributed by atoms with Crippen LogP contribution in [0, 0.1) is 0 Å². The molecular weight excluding hydrogens is 170 g/mol. The summed E-state index contributed by atoms with van der Waals surface area (Å²) in [7, 11) is 1.36. The predicted octanol–water partition coefficient (Wildman–Crippen LogP) is -2.67. The predicted molar refractivity (Wildman–Crippen MR) is 41.2 cm³/mol. The molecule has 0 aliphatic carbocycles. The van der Waals surface area contributed by atoms with E-state index in [1.165, 1.54) is 0 Å². The Hall–Kier alpha value is 0.491. The Morgan fingerprint density at radius 3 is 2.11 bits per heavy atom. The maximum Gasteiger partial charge on any atom is 0.392 e. The molecule has 7 heteroatoms.